The Balaban J connectivity index is 1.48. The molecule has 1 amide bonds. The van der Waals surface area contributed by atoms with Crippen LogP contribution in [0, 0.1) is 13.8 Å². The summed E-state index contributed by atoms with van der Waals surface area (Å²) in [6.45, 7) is 3.74. The number of hydrogen-bond acceptors (Lipinski definition) is 5. The minimum atomic E-state index is -0.224. The molecule has 0 aliphatic rings. The van der Waals surface area contributed by atoms with E-state index in [9.17, 15) is 4.79 Å². The predicted molar refractivity (Wildman–Crippen MR) is 106 cm³/mol. The smallest absolute Gasteiger partial charge is 0.262 e. The van der Waals surface area contributed by atoms with E-state index in [-0.39, 0.29) is 12.5 Å². The van der Waals surface area contributed by atoms with Gasteiger partial charge in [0.1, 0.15) is 5.75 Å². The van der Waals surface area contributed by atoms with Gasteiger partial charge in [0, 0.05) is 11.3 Å². The van der Waals surface area contributed by atoms with Gasteiger partial charge in [-0.3, -0.25) is 4.79 Å². The van der Waals surface area contributed by atoms with Gasteiger partial charge in [0.15, 0.2) is 18.1 Å². The zero-order valence-corrected chi connectivity index (χ0v) is 15.6. The first kappa shape index (κ1) is 17.7. The first-order valence-corrected chi connectivity index (χ1v) is 8.88. The highest BCUT2D eigenvalue weighted by molar-refractivity contribution is 5.92. The fourth-order valence-electron chi connectivity index (χ4n) is 2.87. The number of ether oxygens (including phenoxy) is 1. The third kappa shape index (κ3) is 3.68. The Hall–Kier alpha value is -3.74. The van der Waals surface area contributed by atoms with Crippen LogP contribution in [0.5, 0.6) is 5.75 Å². The molecule has 0 fully saturated rings. The Morgan fingerprint density at radius 1 is 1.04 bits per heavy atom. The summed E-state index contributed by atoms with van der Waals surface area (Å²) in [4.78, 5) is 12.3. The van der Waals surface area contributed by atoms with Crippen LogP contribution in [-0.2, 0) is 4.79 Å². The Kier molecular flexibility index (Phi) is 4.72. The summed E-state index contributed by atoms with van der Waals surface area (Å²) in [5.41, 5.74) is 4.01. The number of para-hydroxylation sites is 1. The van der Waals surface area contributed by atoms with Gasteiger partial charge in [-0.25, -0.2) is 0 Å². The summed E-state index contributed by atoms with van der Waals surface area (Å²) < 4.78 is 7.29. The van der Waals surface area contributed by atoms with E-state index in [1.54, 1.807) is 4.52 Å². The van der Waals surface area contributed by atoms with Gasteiger partial charge in [0.05, 0.1) is 5.69 Å². The molecule has 7 nitrogen and oxygen atoms in total. The first-order valence-electron chi connectivity index (χ1n) is 8.88. The summed E-state index contributed by atoms with van der Waals surface area (Å²) in [7, 11) is 0. The molecule has 4 aromatic rings. The fourth-order valence-corrected chi connectivity index (χ4v) is 2.87. The number of nitrogens with zero attached hydrogens (tertiary/aromatic N) is 4. The molecule has 2 aromatic carbocycles. The number of benzene rings is 2. The molecule has 1 N–H and O–H groups in total. The van der Waals surface area contributed by atoms with Crippen molar-refractivity contribution in [3.05, 3.63) is 72.1 Å². The zero-order valence-electron chi connectivity index (χ0n) is 15.6. The van der Waals surface area contributed by atoms with Gasteiger partial charge in [0.25, 0.3) is 5.91 Å². The van der Waals surface area contributed by atoms with Gasteiger partial charge in [-0.15, -0.1) is 10.2 Å². The van der Waals surface area contributed by atoms with E-state index < -0.39 is 0 Å². The van der Waals surface area contributed by atoms with Crippen molar-refractivity contribution in [1.82, 2.24) is 19.8 Å². The number of aryl methyl sites for hydroxylation is 2. The molecule has 28 heavy (non-hydrogen) atoms. The fraction of sp³-hybridized carbons (Fsp3) is 0.143. The van der Waals surface area contributed by atoms with E-state index >= 15 is 0 Å². The topological polar surface area (TPSA) is 81.4 Å². The van der Waals surface area contributed by atoms with Crippen molar-refractivity contribution in [2.24, 2.45) is 0 Å². The van der Waals surface area contributed by atoms with Gasteiger partial charge in [-0.1, -0.05) is 30.3 Å². The van der Waals surface area contributed by atoms with Gasteiger partial charge < -0.3 is 10.1 Å². The summed E-state index contributed by atoms with van der Waals surface area (Å²) in [5, 5.41) is 15.5. The van der Waals surface area contributed by atoms with Gasteiger partial charge in [0.2, 0.25) is 0 Å². The Labute approximate surface area is 162 Å². The molecular formula is C21H19N5O2. The summed E-state index contributed by atoms with van der Waals surface area (Å²) in [6, 6.07) is 18.9. The van der Waals surface area contributed by atoms with Crippen LogP contribution in [-0.4, -0.2) is 32.3 Å². The zero-order chi connectivity index (χ0) is 19.5. The van der Waals surface area contributed by atoms with Crippen LogP contribution in [0.25, 0.3) is 16.9 Å². The van der Waals surface area contributed by atoms with Crippen molar-refractivity contribution in [3.8, 4) is 17.0 Å². The Morgan fingerprint density at radius 3 is 2.75 bits per heavy atom. The van der Waals surface area contributed by atoms with Crippen LogP contribution < -0.4 is 10.1 Å². The number of hydrogen-bond donors (Lipinski definition) is 1. The average Bonchev–Trinajstić information content (AvgIpc) is 3.08. The molecule has 0 unspecified atom stereocenters. The molecule has 140 valence electrons. The number of carbonyl (C=O) groups excluding carboxylic acids is 1. The number of rotatable bonds is 5. The molecule has 0 bridgehead atoms. The summed E-state index contributed by atoms with van der Waals surface area (Å²) >= 11 is 0. The number of fused-ring (bicyclic) bond motifs is 1. The van der Waals surface area contributed by atoms with Crippen LogP contribution in [0.4, 0.5) is 5.69 Å². The van der Waals surface area contributed by atoms with Crippen molar-refractivity contribution >= 4 is 17.2 Å². The maximum atomic E-state index is 12.3. The monoisotopic (exact) mass is 373 g/mol. The van der Waals surface area contributed by atoms with Gasteiger partial charge >= 0.3 is 0 Å². The number of aromatic nitrogens is 4. The standard InChI is InChI=1S/C21H19N5O2/c1-14-6-3-4-9-19(14)28-13-21(27)22-17-8-5-7-16(12-17)18-10-11-20-24-23-15(2)26(20)25-18/h3-12H,13H2,1-2H3,(H,22,27). The lowest BCUT2D eigenvalue weighted by atomic mass is 10.1. The largest absolute Gasteiger partial charge is 0.483 e. The predicted octanol–water partition coefficient (Wildman–Crippen LogP) is 3.43. The van der Waals surface area contributed by atoms with Crippen molar-refractivity contribution in [2.75, 3.05) is 11.9 Å². The SMILES string of the molecule is Cc1ccccc1OCC(=O)Nc1cccc(-c2ccc3nnc(C)n3n2)c1. The van der Waals surface area contributed by atoms with E-state index in [0.29, 0.717) is 17.1 Å². The molecule has 0 aliphatic carbocycles. The van der Waals surface area contributed by atoms with Crippen LogP contribution in [0.3, 0.4) is 0 Å². The van der Waals surface area contributed by atoms with Gasteiger partial charge in [-0.2, -0.15) is 9.61 Å². The molecule has 4 rings (SSSR count). The van der Waals surface area contributed by atoms with Crippen molar-refractivity contribution in [2.45, 2.75) is 13.8 Å². The van der Waals surface area contributed by atoms with Crippen molar-refractivity contribution < 1.29 is 9.53 Å². The summed E-state index contributed by atoms with van der Waals surface area (Å²) in [6.07, 6.45) is 0. The lowest BCUT2D eigenvalue weighted by molar-refractivity contribution is -0.118. The highest BCUT2D eigenvalue weighted by Crippen LogP contribution is 2.21. The highest BCUT2D eigenvalue weighted by Gasteiger charge is 2.09. The van der Waals surface area contributed by atoms with E-state index in [1.165, 1.54) is 0 Å². The Bertz CT molecular complexity index is 1150. The molecule has 7 heteroatoms. The third-order valence-electron chi connectivity index (χ3n) is 4.31. The van der Waals surface area contributed by atoms with E-state index in [0.717, 1.165) is 22.6 Å². The third-order valence-corrected chi connectivity index (χ3v) is 4.31. The summed E-state index contributed by atoms with van der Waals surface area (Å²) in [5.74, 6) is 1.20. The van der Waals surface area contributed by atoms with Crippen molar-refractivity contribution in [3.63, 3.8) is 0 Å². The van der Waals surface area contributed by atoms with Crippen LogP contribution in [0.2, 0.25) is 0 Å². The van der Waals surface area contributed by atoms with E-state index in [4.69, 9.17) is 4.74 Å². The van der Waals surface area contributed by atoms with E-state index in [1.807, 2.05) is 74.5 Å². The minimum absolute atomic E-state index is 0.0564. The second-order valence-corrected chi connectivity index (χ2v) is 6.42. The number of amides is 1. The minimum Gasteiger partial charge on any atom is -0.483 e. The quantitative estimate of drug-likeness (QED) is 0.580. The molecule has 2 aromatic heterocycles. The first-order chi connectivity index (χ1) is 13.6. The Morgan fingerprint density at radius 2 is 1.89 bits per heavy atom. The number of nitrogens with one attached hydrogen (secondary N) is 1. The number of anilines is 1. The molecule has 0 aliphatic heterocycles. The highest BCUT2D eigenvalue weighted by atomic mass is 16.5. The normalized spacial score (nSPS) is 10.8. The average molecular weight is 373 g/mol. The van der Waals surface area contributed by atoms with Gasteiger partial charge in [-0.05, 0) is 49.7 Å². The lowest BCUT2D eigenvalue weighted by Gasteiger charge is -2.10. The molecule has 0 saturated heterocycles. The van der Waals surface area contributed by atoms with Crippen LogP contribution in [0.1, 0.15) is 11.4 Å². The van der Waals surface area contributed by atoms with Crippen molar-refractivity contribution in [1.29, 1.82) is 0 Å². The maximum Gasteiger partial charge on any atom is 0.262 e. The molecular weight excluding hydrogens is 354 g/mol. The molecule has 2 heterocycles. The van der Waals surface area contributed by atoms with Crippen LogP contribution in [0.15, 0.2) is 60.7 Å². The number of carbonyl (C=O) groups is 1. The molecule has 0 saturated carbocycles. The molecule has 0 spiro atoms. The van der Waals surface area contributed by atoms with E-state index in [2.05, 4.69) is 20.6 Å². The second kappa shape index (κ2) is 7.48. The molecule has 0 atom stereocenters. The molecule has 0 radical (unpaired) electrons. The van der Waals surface area contributed by atoms with Crippen LogP contribution >= 0.6 is 0 Å². The lowest BCUT2D eigenvalue weighted by Crippen LogP contribution is -2.20. The second-order valence-electron chi connectivity index (χ2n) is 6.42. The maximum absolute atomic E-state index is 12.3.